The third-order valence-electron chi connectivity index (χ3n) is 2.96. The van der Waals surface area contributed by atoms with Crippen LogP contribution in [0.25, 0.3) is 0 Å². The van der Waals surface area contributed by atoms with Crippen LogP contribution in [0.15, 0.2) is 65.8 Å². The quantitative estimate of drug-likeness (QED) is 0.658. The van der Waals surface area contributed by atoms with Crippen LogP contribution >= 0.6 is 0 Å². The van der Waals surface area contributed by atoms with Crippen molar-refractivity contribution in [2.75, 3.05) is 0 Å². The molecule has 0 saturated heterocycles. The molecule has 0 aromatic heterocycles. The van der Waals surface area contributed by atoms with E-state index >= 15 is 0 Å². The van der Waals surface area contributed by atoms with Crippen molar-refractivity contribution in [1.29, 1.82) is 0 Å². The maximum absolute atomic E-state index is 12.0. The van der Waals surface area contributed by atoms with Gasteiger partial charge in [0.05, 0.1) is 6.21 Å². The van der Waals surface area contributed by atoms with Crippen molar-refractivity contribution >= 4 is 12.1 Å². The minimum absolute atomic E-state index is 0.521. The molecular weight excluding hydrogens is 252 g/mol. The Balaban J connectivity index is 2.03. The fraction of sp³-hybridized carbons (Fsp3) is 0.125. The second-order valence-electron chi connectivity index (χ2n) is 4.55. The molecule has 2 aromatic carbocycles. The van der Waals surface area contributed by atoms with E-state index in [0.29, 0.717) is 5.56 Å². The van der Waals surface area contributed by atoms with Gasteiger partial charge in [-0.05, 0) is 18.1 Å². The molecule has 0 bridgehead atoms. The van der Waals surface area contributed by atoms with Gasteiger partial charge in [0.15, 0.2) is 5.60 Å². The van der Waals surface area contributed by atoms with Gasteiger partial charge in [0.2, 0.25) is 0 Å². The predicted molar refractivity (Wildman–Crippen MR) is 78.2 cm³/mol. The van der Waals surface area contributed by atoms with E-state index in [1.54, 1.807) is 24.3 Å². The van der Waals surface area contributed by atoms with E-state index in [4.69, 9.17) is 0 Å². The zero-order chi connectivity index (χ0) is 14.4. The van der Waals surface area contributed by atoms with Crippen LogP contribution in [0, 0.1) is 0 Å². The number of rotatable bonds is 4. The van der Waals surface area contributed by atoms with Gasteiger partial charge in [0, 0.05) is 0 Å². The van der Waals surface area contributed by atoms with Crippen LogP contribution in [0.1, 0.15) is 18.1 Å². The first-order chi connectivity index (χ1) is 9.60. The molecule has 0 spiro atoms. The minimum Gasteiger partial charge on any atom is -0.375 e. The molecule has 0 saturated carbocycles. The van der Waals surface area contributed by atoms with Crippen LogP contribution in [0.3, 0.4) is 0 Å². The van der Waals surface area contributed by atoms with Gasteiger partial charge in [-0.1, -0.05) is 60.7 Å². The Hall–Kier alpha value is -2.46. The second-order valence-corrected chi connectivity index (χ2v) is 4.55. The number of carbonyl (C=O) groups is 1. The minimum atomic E-state index is -1.62. The highest BCUT2D eigenvalue weighted by Crippen LogP contribution is 2.20. The normalized spacial score (nSPS) is 13.9. The summed E-state index contributed by atoms with van der Waals surface area (Å²) in [6, 6.07) is 18.1. The lowest BCUT2D eigenvalue weighted by Crippen LogP contribution is -2.40. The first-order valence-corrected chi connectivity index (χ1v) is 6.27. The SMILES string of the molecule is CC(O)(C(=O)NN=Cc1ccccc1)c1ccccc1. The zero-order valence-corrected chi connectivity index (χ0v) is 11.2. The lowest BCUT2D eigenvalue weighted by atomic mass is 9.95. The van der Waals surface area contributed by atoms with E-state index in [9.17, 15) is 9.90 Å². The maximum atomic E-state index is 12.0. The van der Waals surface area contributed by atoms with Gasteiger partial charge >= 0.3 is 0 Å². The van der Waals surface area contributed by atoms with Gasteiger partial charge in [-0.15, -0.1) is 0 Å². The molecule has 4 heteroatoms. The molecule has 0 fully saturated rings. The van der Waals surface area contributed by atoms with Gasteiger partial charge in [-0.25, -0.2) is 5.43 Å². The average Bonchev–Trinajstić information content (AvgIpc) is 2.49. The van der Waals surface area contributed by atoms with Crippen LogP contribution in [0.4, 0.5) is 0 Å². The zero-order valence-electron chi connectivity index (χ0n) is 11.2. The number of amides is 1. The maximum Gasteiger partial charge on any atom is 0.276 e. The second kappa shape index (κ2) is 6.12. The number of hydrogen-bond acceptors (Lipinski definition) is 3. The summed E-state index contributed by atoms with van der Waals surface area (Å²) in [6.45, 7) is 1.44. The molecule has 1 unspecified atom stereocenters. The Morgan fingerprint density at radius 3 is 2.25 bits per heavy atom. The fourth-order valence-electron chi connectivity index (χ4n) is 1.71. The molecule has 4 nitrogen and oxygen atoms in total. The van der Waals surface area contributed by atoms with Crippen molar-refractivity contribution in [3.8, 4) is 0 Å². The molecule has 0 aliphatic rings. The van der Waals surface area contributed by atoms with Crippen LogP contribution in [-0.4, -0.2) is 17.2 Å². The molecule has 1 amide bonds. The molecule has 2 N–H and O–H groups in total. The Labute approximate surface area is 117 Å². The summed E-state index contributed by atoms with van der Waals surface area (Å²) in [5.41, 5.74) is 2.12. The Morgan fingerprint density at radius 1 is 1.10 bits per heavy atom. The fourth-order valence-corrected chi connectivity index (χ4v) is 1.71. The average molecular weight is 268 g/mol. The highest BCUT2D eigenvalue weighted by molar-refractivity contribution is 5.87. The number of hydrogen-bond donors (Lipinski definition) is 2. The molecular formula is C16H16N2O2. The Kier molecular flexibility index (Phi) is 4.27. The third-order valence-corrected chi connectivity index (χ3v) is 2.96. The summed E-state index contributed by atoms with van der Waals surface area (Å²) in [5.74, 6) is -0.573. The first kappa shape index (κ1) is 14.0. The topological polar surface area (TPSA) is 61.7 Å². The van der Waals surface area contributed by atoms with Crippen molar-refractivity contribution < 1.29 is 9.90 Å². The molecule has 1 atom stereocenters. The highest BCUT2D eigenvalue weighted by atomic mass is 16.3. The van der Waals surface area contributed by atoms with E-state index in [1.165, 1.54) is 13.1 Å². The number of nitrogens with one attached hydrogen (secondary N) is 1. The largest absolute Gasteiger partial charge is 0.375 e. The van der Waals surface area contributed by atoms with Crippen LogP contribution in [0.2, 0.25) is 0 Å². The summed E-state index contributed by atoms with van der Waals surface area (Å²) in [7, 11) is 0. The van der Waals surface area contributed by atoms with Crippen molar-refractivity contribution in [3.05, 3.63) is 71.8 Å². The standard InChI is InChI=1S/C16H16N2O2/c1-16(20,14-10-6-3-7-11-14)15(19)18-17-12-13-8-4-2-5-9-13/h2-12,20H,1H3,(H,18,19). The summed E-state index contributed by atoms with van der Waals surface area (Å²) in [5, 5.41) is 14.1. The number of hydrazone groups is 1. The Bertz CT molecular complexity index is 592. The van der Waals surface area contributed by atoms with Crippen molar-refractivity contribution in [2.24, 2.45) is 5.10 Å². The molecule has 102 valence electrons. The van der Waals surface area contributed by atoms with Crippen LogP contribution < -0.4 is 5.43 Å². The smallest absolute Gasteiger partial charge is 0.276 e. The first-order valence-electron chi connectivity index (χ1n) is 6.27. The summed E-state index contributed by atoms with van der Waals surface area (Å²) in [4.78, 5) is 12.0. The highest BCUT2D eigenvalue weighted by Gasteiger charge is 2.31. The molecule has 0 aliphatic heterocycles. The third kappa shape index (κ3) is 3.30. The number of benzene rings is 2. The van der Waals surface area contributed by atoms with E-state index in [0.717, 1.165) is 5.56 Å². The Morgan fingerprint density at radius 2 is 1.65 bits per heavy atom. The van der Waals surface area contributed by atoms with E-state index in [1.807, 2.05) is 36.4 Å². The molecule has 20 heavy (non-hydrogen) atoms. The number of aliphatic hydroxyl groups is 1. The number of carbonyl (C=O) groups excluding carboxylic acids is 1. The van der Waals surface area contributed by atoms with Gasteiger partial charge in [0.25, 0.3) is 5.91 Å². The van der Waals surface area contributed by atoms with Gasteiger partial charge in [-0.3, -0.25) is 4.79 Å². The lowest BCUT2D eigenvalue weighted by Gasteiger charge is -2.21. The van der Waals surface area contributed by atoms with Gasteiger partial charge < -0.3 is 5.11 Å². The van der Waals surface area contributed by atoms with Crippen molar-refractivity contribution in [2.45, 2.75) is 12.5 Å². The van der Waals surface area contributed by atoms with Crippen LogP contribution in [0.5, 0.6) is 0 Å². The molecule has 0 heterocycles. The molecule has 2 rings (SSSR count). The number of nitrogens with zero attached hydrogens (tertiary/aromatic N) is 1. The van der Waals surface area contributed by atoms with E-state index in [2.05, 4.69) is 10.5 Å². The summed E-state index contributed by atoms with van der Waals surface area (Å²) >= 11 is 0. The monoisotopic (exact) mass is 268 g/mol. The van der Waals surface area contributed by atoms with Gasteiger partial charge in [0.1, 0.15) is 0 Å². The molecule has 0 radical (unpaired) electrons. The summed E-state index contributed by atoms with van der Waals surface area (Å²) < 4.78 is 0. The van der Waals surface area contributed by atoms with Gasteiger partial charge in [-0.2, -0.15) is 5.10 Å². The van der Waals surface area contributed by atoms with E-state index in [-0.39, 0.29) is 0 Å². The van der Waals surface area contributed by atoms with Crippen LogP contribution in [-0.2, 0) is 10.4 Å². The van der Waals surface area contributed by atoms with E-state index < -0.39 is 11.5 Å². The molecule has 2 aromatic rings. The lowest BCUT2D eigenvalue weighted by molar-refractivity contribution is -0.138. The van der Waals surface area contributed by atoms with Crippen molar-refractivity contribution in [1.82, 2.24) is 5.43 Å². The summed E-state index contributed by atoms with van der Waals surface area (Å²) in [6.07, 6.45) is 1.53. The predicted octanol–water partition coefficient (Wildman–Crippen LogP) is 2.04. The van der Waals surface area contributed by atoms with Crippen molar-refractivity contribution in [3.63, 3.8) is 0 Å². The molecule has 0 aliphatic carbocycles.